The average molecular weight is 380 g/mol. The van der Waals surface area contributed by atoms with Gasteiger partial charge in [0, 0.05) is 32.2 Å². The van der Waals surface area contributed by atoms with Gasteiger partial charge < -0.3 is 14.5 Å². The van der Waals surface area contributed by atoms with E-state index in [1.807, 2.05) is 25.1 Å². The molecule has 148 valence electrons. The molecule has 2 aliphatic rings. The monoisotopic (exact) mass is 380 g/mol. The van der Waals surface area contributed by atoms with E-state index in [-0.39, 0.29) is 5.41 Å². The number of hydrogen-bond acceptors (Lipinski definition) is 5. The molecule has 1 saturated carbocycles. The highest BCUT2D eigenvalue weighted by molar-refractivity contribution is 5.84. The van der Waals surface area contributed by atoms with Crippen molar-refractivity contribution < 1.29 is 9.53 Å². The van der Waals surface area contributed by atoms with Crippen molar-refractivity contribution in [3.8, 4) is 5.88 Å². The van der Waals surface area contributed by atoms with Gasteiger partial charge in [0.15, 0.2) is 5.82 Å². The van der Waals surface area contributed by atoms with Crippen LogP contribution in [-0.4, -0.2) is 53.8 Å². The molecular formula is C22H28N4O2. The Bertz CT molecular complexity index is 782. The van der Waals surface area contributed by atoms with Crippen molar-refractivity contribution >= 4 is 11.7 Å². The number of nitrogens with zero attached hydrogens (tertiary/aromatic N) is 4. The van der Waals surface area contributed by atoms with E-state index in [0.717, 1.165) is 57.7 Å². The summed E-state index contributed by atoms with van der Waals surface area (Å²) in [6.07, 6.45) is 4.02. The Morgan fingerprint density at radius 1 is 1.04 bits per heavy atom. The van der Waals surface area contributed by atoms with Gasteiger partial charge >= 0.3 is 0 Å². The van der Waals surface area contributed by atoms with Crippen molar-refractivity contribution in [2.75, 3.05) is 37.7 Å². The van der Waals surface area contributed by atoms with Crippen LogP contribution in [0.25, 0.3) is 0 Å². The quantitative estimate of drug-likeness (QED) is 0.771. The summed E-state index contributed by atoms with van der Waals surface area (Å²) in [4.78, 5) is 17.6. The third-order valence-corrected chi connectivity index (χ3v) is 5.96. The molecule has 1 saturated heterocycles. The van der Waals surface area contributed by atoms with Gasteiger partial charge in [-0.3, -0.25) is 4.79 Å². The Balaban J connectivity index is 1.36. The van der Waals surface area contributed by atoms with Crippen LogP contribution in [0.5, 0.6) is 5.88 Å². The molecule has 0 bridgehead atoms. The van der Waals surface area contributed by atoms with Gasteiger partial charge in [-0.1, -0.05) is 36.8 Å². The highest BCUT2D eigenvalue weighted by atomic mass is 16.5. The molecule has 2 heterocycles. The van der Waals surface area contributed by atoms with Gasteiger partial charge in [0.25, 0.3) is 0 Å². The van der Waals surface area contributed by atoms with Crippen molar-refractivity contribution in [2.24, 2.45) is 5.41 Å². The number of carbonyl (C=O) groups excluding carboxylic acids is 1. The van der Waals surface area contributed by atoms with Crippen LogP contribution < -0.4 is 9.64 Å². The normalized spacial score (nSPS) is 18.5. The molecular weight excluding hydrogens is 352 g/mol. The predicted octanol–water partition coefficient (Wildman–Crippen LogP) is 2.94. The van der Waals surface area contributed by atoms with E-state index in [1.165, 1.54) is 5.56 Å². The van der Waals surface area contributed by atoms with Crippen molar-refractivity contribution in [2.45, 2.75) is 32.6 Å². The highest BCUT2D eigenvalue weighted by Crippen LogP contribution is 2.45. The van der Waals surface area contributed by atoms with Crippen LogP contribution in [0.3, 0.4) is 0 Å². The lowest BCUT2D eigenvalue weighted by Crippen LogP contribution is -2.55. The number of hydrogen-bond donors (Lipinski definition) is 0. The second kappa shape index (κ2) is 8.17. The van der Waals surface area contributed by atoms with Crippen molar-refractivity contribution in [3.05, 3.63) is 48.0 Å². The van der Waals surface area contributed by atoms with Crippen LogP contribution in [-0.2, 0) is 11.2 Å². The van der Waals surface area contributed by atoms with Gasteiger partial charge in [-0.25, -0.2) is 0 Å². The predicted molar refractivity (Wildman–Crippen MR) is 108 cm³/mol. The number of piperazine rings is 1. The Kier molecular flexibility index (Phi) is 5.46. The van der Waals surface area contributed by atoms with Gasteiger partial charge in [-0.2, -0.15) is 0 Å². The molecule has 0 radical (unpaired) electrons. The fourth-order valence-electron chi connectivity index (χ4n) is 4.24. The minimum absolute atomic E-state index is 0.192. The Labute approximate surface area is 166 Å². The molecule has 2 fully saturated rings. The molecule has 1 aromatic heterocycles. The van der Waals surface area contributed by atoms with Crippen LogP contribution in [0.2, 0.25) is 0 Å². The second-order valence-electron chi connectivity index (χ2n) is 7.74. The number of carbonyl (C=O) groups is 1. The molecule has 4 rings (SSSR count). The zero-order chi connectivity index (χ0) is 19.4. The zero-order valence-electron chi connectivity index (χ0n) is 16.5. The summed E-state index contributed by atoms with van der Waals surface area (Å²) in [7, 11) is 0. The molecule has 6 heteroatoms. The first-order valence-electron chi connectivity index (χ1n) is 10.2. The molecule has 0 N–H and O–H groups in total. The Morgan fingerprint density at radius 2 is 1.79 bits per heavy atom. The lowest BCUT2D eigenvalue weighted by molar-refractivity contribution is -0.147. The molecule has 1 aromatic carbocycles. The van der Waals surface area contributed by atoms with E-state index >= 15 is 0 Å². The van der Waals surface area contributed by atoms with E-state index < -0.39 is 0 Å². The van der Waals surface area contributed by atoms with Crippen molar-refractivity contribution in [3.63, 3.8) is 0 Å². The van der Waals surface area contributed by atoms with E-state index in [2.05, 4.69) is 44.3 Å². The van der Waals surface area contributed by atoms with Gasteiger partial charge in [-0.15, -0.1) is 10.2 Å². The molecule has 28 heavy (non-hydrogen) atoms. The van der Waals surface area contributed by atoms with Gasteiger partial charge in [0.2, 0.25) is 11.8 Å². The third kappa shape index (κ3) is 3.81. The summed E-state index contributed by atoms with van der Waals surface area (Å²) in [5, 5.41) is 8.38. The second-order valence-corrected chi connectivity index (χ2v) is 7.74. The smallest absolute Gasteiger partial charge is 0.233 e. The van der Waals surface area contributed by atoms with E-state index in [1.54, 1.807) is 0 Å². The number of aromatic nitrogens is 2. The maximum atomic E-state index is 13.3. The minimum Gasteiger partial charge on any atom is -0.477 e. The molecule has 0 atom stereocenters. The number of ether oxygens (including phenoxy) is 1. The summed E-state index contributed by atoms with van der Waals surface area (Å²) in [5.41, 5.74) is 1.07. The standard InChI is InChI=1S/C22H28N4O2/c1-2-28-20-10-9-19(23-24-20)25-13-15-26(16-14-25)21(27)22(11-6-12-22)17-18-7-4-3-5-8-18/h3-5,7-10H,2,6,11-17H2,1H3. The number of benzene rings is 1. The molecule has 0 spiro atoms. The summed E-state index contributed by atoms with van der Waals surface area (Å²) >= 11 is 0. The first-order chi connectivity index (χ1) is 13.7. The van der Waals surface area contributed by atoms with Gasteiger partial charge in [0.1, 0.15) is 0 Å². The highest BCUT2D eigenvalue weighted by Gasteiger charge is 2.46. The number of amides is 1. The van der Waals surface area contributed by atoms with Crippen molar-refractivity contribution in [1.82, 2.24) is 15.1 Å². The van der Waals surface area contributed by atoms with Gasteiger partial charge in [-0.05, 0) is 37.8 Å². The van der Waals surface area contributed by atoms with E-state index in [4.69, 9.17) is 4.74 Å². The third-order valence-electron chi connectivity index (χ3n) is 5.96. The van der Waals surface area contributed by atoms with E-state index in [0.29, 0.717) is 18.4 Å². The van der Waals surface area contributed by atoms with Crippen LogP contribution >= 0.6 is 0 Å². The molecule has 0 unspecified atom stereocenters. The van der Waals surface area contributed by atoms with Crippen LogP contribution in [0.4, 0.5) is 5.82 Å². The molecule has 6 nitrogen and oxygen atoms in total. The largest absolute Gasteiger partial charge is 0.477 e. The number of anilines is 1. The average Bonchev–Trinajstić information content (AvgIpc) is 2.72. The maximum absolute atomic E-state index is 13.3. The molecule has 1 aliphatic heterocycles. The zero-order valence-corrected chi connectivity index (χ0v) is 16.5. The summed E-state index contributed by atoms with van der Waals surface area (Å²) < 4.78 is 5.36. The maximum Gasteiger partial charge on any atom is 0.233 e. The topological polar surface area (TPSA) is 58.6 Å². The van der Waals surface area contributed by atoms with Crippen LogP contribution in [0, 0.1) is 5.41 Å². The Morgan fingerprint density at radius 3 is 2.36 bits per heavy atom. The molecule has 1 aliphatic carbocycles. The summed E-state index contributed by atoms with van der Waals surface area (Å²) in [6, 6.07) is 14.2. The lowest BCUT2D eigenvalue weighted by atomic mass is 9.64. The number of rotatable bonds is 6. The molecule has 1 amide bonds. The molecule has 2 aromatic rings. The first kappa shape index (κ1) is 18.7. The fourth-order valence-corrected chi connectivity index (χ4v) is 4.24. The minimum atomic E-state index is -0.192. The van der Waals surface area contributed by atoms with Gasteiger partial charge in [0.05, 0.1) is 12.0 Å². The Hall–Kier alpha value is -2.63. The lowest BCUT2D eigenvalue weighted by Gasteiger charge is -2.46. The SMILES string of the molecule is CCOc1ccc(N2CCN(C(=O)C3(Cc4ccccc4)CCC3)CC2)nn1. The van der Waals surface area contributed by atoms with Crippen molar-refractivity contribution in [1.29, 1.82) is 0 Å². The first-order valence-corrected chi connectivity index (χ1v) is 10.2. The van der Waals surface area contributed by atoms with E-state index in [9.17, 15) is 4.79 Å². The summed E-state index contributed by atoms with van der Waals surface area (Å²) in [5.74, 6) is 1.73. The fraction of sp³-hybridized carbons (Fsp3) is 0.500. The summed E-state index contributed by atoms with van der Waals surface area (Å²) in [6.45, 7) is 5.57. The van der Waals surface area contributed by atoms with Crippen LogP contribution in [0.1, 0.15) is 31.7 Å². The van der Waals surface area contributed by atoms with Crippen LogP contribution in [0.15, 0.2) is 42.5 Å².